The number of ether oxygens (including phenoxy) is 1. The van der Waals surface area contributed by atoms with Crippen LogP contribution < -0.4 is 10.6 Å². The summed E-state index contributed by atoms with van der Waals surface area (Å²) in [5, 5.41) is 16.5. The number of aliphatic imine (C=N–C) groups is 1. The Morgan fingerprint density at radius 3 is 2.19 bits per heavy atom. The summed E-state index contributed by atoms with van der Waals surface area (Å²) in [5.74, 6) is 3.89. The summed E-state index contributed by atoms with van der Waals surface area (Å²) in [6.45, 7) is 3.67. The third-order valence-corrected chi connectivity index (χ3v) is 7.48. The third-order valence-electron chi connectivity index (χ3n) is 7.48. The fourth-order valence-electron chi connectivity index (χ4n) is 6.58. The zero-order valence-electron chi connectivity index (χ0n) is 16.1. The maximum atomic E-state index is 9.38. The van der Waals surface area contributed by atoms with Crippen molar-refractivity contribution in [3.8, 4) is 0 Å². The molecule has 26 heavy (non-hydrogen) atoms. The molecule has 1 atom stereocenters. The number of halogens is 1. The molecule has 3 N–H and O–H groups in total. The van der Waals surface area contributed by atoms with Crippen LogP contribution in [0.4, 0.5) is 0 Å². The Balaban J connectivity index is 0.00000196. The summed E-state index contributed by atoms with van der Waals surface area (Å²) in [7, 11) is 1.86. The molecule has 5 nitrogen and oxygen atoms in total. The van der Waals surface area contributed by atoms with Crippen LogP contribution >= 0.6 is 24.0 Å². The van der Waals surface area contributed by atoms with Gasteiger partial charge >= 0.3 is 0 Å². The van der Waals surface area contributed by atoms with Crippen LogP contribution in [0.3, 0.4) is 0 Å². The lowest BCUT2D eigenvalue weighted by atomic mass is 9.49. The number of nitrogens with one attached hydrogen (secondary N) is 2. The van der Waals surface area contributed by atoms with Crippen molar-refractivity contribution in [2.45, 2.75) is 51.4 Å². The Kier molecular flexibility index (Phi) is 6.76. The van der Waals surface area contributed by atoms with E-state index in [4.69, 9.17) is 4.74 Å². The van der Waals surface area contributed by atoms with E-state index in [0.717, 1.165) is 62.9 Å². The third kappa shape index (κ3) is 4.32. The Morgan fingerprint density at radius 1 is 1.08 bits per heavy atom. The number of nitrogens with zero attached hydrogens (tertiary/aromatic N) is 1. The molecule has 0 amide bonds. The largest absolute Gasteiger partial charge is 0.396 e. The summed E-state index contributed by atoms with van der Waals surface area (Å²) >= 11 is 0. The number of hydrogen-bond acceptors (Lipinski definition) is 3. The van der Waals surface area contributed by atoms with Gasteiger partial charge in [-0.05, 0) is 74.5 Å². The van der Waals surface area contributed by atoms with E-state index in [9.17, 15) is 5.11 Å². The molecule has 1 aliphatic heterocycles. The molecular formula is C20H36IN3O2. The molecule has 0 aromatic carbocycles. The SMILES string of the molecule is CN=C(NCC1(CCO)CCOC1)NCC12CC3CC(CC(C3)C1)C2.I. The van der Waals surface area contributed by atoms with Gasteiger partial charge in [0, 0.05) is 38.8 Å². The first-order valence-electron chi connectivity index (χ1n) is 10.3. The summed E-state index contributed by atoms with van der Waals surface area (Å²) < 4.78 is 5.59. The van der Waals surface area contributed by atoms with Crippen molar-refractivity contribution < 1.29 is 9.84 Å². The number of rotatable bonds is 6. The van der Waals surface area contributed by atoms with Gasteiger partial charge in [0.15, 0.2) is 5.96 Å². The highest BCUT2D eigenvalue weighted by Gasteiger charge is 2.50. The van der Waals surface area contributed by atoms with Gasteiger partial charge in [-0.3, -0.25) is 4.99 Å². The van der Waals surface area contributed by atoms with Crippen molar-refractivity contribution in [2.75, 3.05) is 40.0 Å². The second kappa shape index (κ2) is 8.52. The molecule has 6 heteroatoms. The van der Waals surface area contributed by atoms with Crippen molar-refractivity contribution in [3.63, 3.8) is 0 Å². The number of aliphatic hydroxyl groups is 1. The Bertz CT molecular complexity index is 470. The standard InChI is InChI=1S/C20H35N3O2.HI/c1-21-18(22-12-19(2-4-24)3-5-25-14-19)23-13-20-9-15-6-16(10-20)8-17(7-15)11-20;/h15-17,24H,2-14H2,1H3,(H2,21,22,23);1H. The van der Waals surface area contributed by atoms with Crippen molar-refractivity contribution in [2.24, 2.45) is 33.6 Å². The molecular weight excluding hydrogens is 441 g/mol. The first-order valence-corrected chi connectivity index (χ1v) is 10.3. The molecule has 0 radical (unpaired) electrons. The van der Waals surface area contributed by atoms with Crippen LogP contribution in [-0.2, 0) is 4.74 Å². The van der Waals surface area contributed by atoms with Crippen molar-refractivity contribution >= 4 is 29.9 Å². The van der Waals surface area contributed by atoms with Crippen LogP contribution in [0.2, 0.25) is 0 Å². The molecule has 150 valence electrons. The Hall–Kier alpha value is -0.0800. The van der Waals surface area contributed by atoms with Gasteiger partial charge in [0.2, 0.25) is 0 Å². The average Bonchev–Trinajstić information content (AvgIpc) is 3.03. The molecule has 5 aliphatic rings. The fraction of sp³-hybridized carbons (Fsp3) is 0.950. The Morgan fingerprint density at radius 2 is 1.69 bits per heavy atom. The van der Waals surface area contributed by atoms with Crippen molar-refractivity contribution in [1.82, 2.24) is 10.6 Å². The Labute approximate surface area is 175 Å². The maximum Gasteiger partial charge on any atom is 0.191 e. The molecule has 0 spiro atoms. The van der Waals surface area contributed by atoms with Crippen LogP contribution in [-0.4, -0.2) is 51.0 Å². The highest BCUT2D eigenvalue weighted by atomic mass is 127. The topological polar surface area (TPSA) is 65.9 Å². The lowest BCUT2D eigenvalue weighted by molar-refractivity contribution is -0.0492. The monoisotopic (exact) mass is 477 g/mol. The highest BCUT2D eigenvalue weighted by molar-refractivity contribution is 14.0. The summed E-state index contributed by atoms with van der Waals surface area (Å²) in [4.78, 5) is 4.45. The van der Waals surface area contributed by atoms with E-state index in [1.807, 2.05) is 7.05 Å². The van der Waals surface area contributed by atoms with E-state index in [2.05, 4.69) is 15.6 Å². The summed E-state index contributed by atoms with van der Waals surface area (Å²) in [6, 6.07) is 0. The average molecular weight is 477 g/mol. The van der Waals surface area contributed by atoms with Gasteiger partial charge in [0.25, 0.3) is 0 Å². The van der Waals surface area contributed by atoms with Gasteiger partial charge in [0.05, 0.1) is 6.61 Å². The van der Waals surface area contributed by atoms with E-state index in [-0.39, 0.29) is 36.0 Å². The minimum absolute atomic E-state index is 0. The van der Waals surface area contributed by atoms with Gasteiger partial charge < -0.3 is 20.5 Å². The quantitative estimate of drug-likeness (QED) is 0.313. The van der Waals surface area contributed by atoms with Gasteiger partial charge in [-0.15, -0.1) is 24.0 Å². The minimum atomic E-state index is 0. The first-order chi connectivity index (χ1) is 12.1. The molecule has 4 bridgehead atoms. The van der Waals surface area contributed by atoms with Crippen LogP contribution in [0, 0.1) is 28.6 Å². The van der Waals surface area contributed by atoms with Gasteiger partial charge in [-0.1, -0.05) is 0 Å². The van der Waals surface area contributed by atoms with E-state index in [1.165, 1.54) is 38.5 Å². The van der Waals surface area contributed by atoms with E-state index in [0.29, 0.717) is 5.41 Å². The lowest BCUT2D eigenvalue weighted by Crippen LogP contribution is -2.53. The number of hydrogen-bond donors (Lipinski definition) is 3. The second-order valence-corrected chi connectivity index (χ2v) is 9.47. The van der Waals surface area contributed by atoms with E-state index >= 15 is 0 Å². The summed E-state index contributed by atoms with van der Waals surface area (Å²) in [5.41, 5.74) is 0.582. The summed E-state index contributed by atoms with van der Waals surface area (Å²) in [6.07, 6.45) is 10.6. The minimum Gasteiger partial charge on any atom is -0.396 e. The van der Waals surface area contributed by atoms with Crippen LogP contribution in [0.1, 0.15) is 51.4 Å². The zero-order chi connectivity index (χ0) is 17.3. The van der Waals surface area contributed by atoms with Crippen molar-refractivity contribution in [3.05, 3.63) is 0 Å². The number of guanidine groups is 1. The molecule has 0 aromatic rings. The maximum absolute atomic E-state index is 9.38. The van der Waals surface area contributed by atoms with Crippen LogP contribution in [0.25, 0.3) is 0 Å². The number of aliphatic hydroxyl groups excluding tert-OH is 1. The first kappa shape index (κ1) is 20.6. The smallest absolute Gasteiger partial charge is 0.191 e. The van der Waals surface area contributed by atoms with E-state index in [1.54, 1.807) is 0 Å². The molecule has 0 aromatic heterocycles. The molecule has 4 saturated carbocycles. The predicted octanol–water partition coefficient (Wildman–Crippen LogP) is 2.77. The lowest BCUT2D eigenvalue weighted by Gasteiger charge is -2.57. The molecule has 1 saturated heterocycles. The molecule has 1 heterocycles. The molecule has 5 rings (SSSR count). The van der Waals surface area contributed by atoms with Gasteiger partial charge in [-0.2, -0.15) is 0 Å². The predicted molar refractivity (Wildman–Crippen MR) is 115 cm³/mol. The van der Waals surface area contributed by atoms with Crippen molar-refractivity contribution in [1.29, 1.82) is 0 Å². The van der Waals surface area contributed by atoms with Crippen LogP contribution in [0.5, 0.6) is 0 Å². The molecule has 4 aliphatic carbocycles. The normalized spacial score (nSPS) is 41.2. The molecule has 5 fully saturated rings. The second-order valence-electron chi connectivity index (χ2n) is 9.47. The van der Waals surface area contributed by atoms with Gasteiger partial charge in [-0.25, -0.2) is 0 Å². The van der Waals surface area contributed by atoms with Crippen LogP contribution in [0.15, 0.2) is 4.99 Å². The fourth-order valence-corrected chi connectivity index (χ4v) is 6.58. The molecule has 1 unspecified atom stereocenters. The zero-order valence-corrected chi connectivity index (χ0v) is 18.5. The van der Waals surface area contributed by atoms with E-state index < -0.39 is 0 Å². The van der Waals surface area contributed by atoms with Gasteiger partial charge in [0.1, 0.15) is 0 Å². The highest BCUT2D eigenvalue weighted by Crippen LogP contribution is 2.59.